The first kappa shape index (κ1) is 78.8. The van der Waals surface area contributed by atoms with Crippen molar-refractivity contribution in [2.24, 2.45) is 116 Å². The van der Waals surface area contributed by atoms with E-state index in [1.54, 1.807) is 0 Å². The predicted octanol–water partition coefficient (Wildman–Crippen LogP) is -13.7. The van der Waals surface area contributed by atoms with E-state index in [0.29, 0.717) is 0 Å². The molecule has 0 radical (unpaired) electrons. The van der Waals surface area contributed by atoms with Crippen molar-refractivity contribution in [3.05, 3.63) is 0 Å². The summed E-state index contributed by atoms with van der Waals surface area (Å²) in [5, 5.41) is 61.8. The van der Waals surface area contributed by atoms with Crippen molar-refractivity contribution in [1.82, 2.24) is 37.2 Å². The fraction of sp³-hybridized carbons (Fsp3) is 0.740. The van der Waals surface area contributed by atoms with Gasteiger partial charge in [-0.25, -0.2) is 0 Å². The molecule has 1 aliphatic carbocycles. The second-order valence-corrected chi connectivity index (χ2v) is 21.8. The molecule has 91 heavy (non-hydrogen) atoms. The number of nitrogens with two attached hydrogens (primary N) is 15. The highest BCUT2D eigenvalue weighted by atomic mass is 16.7. The Balaban J connectivity index is 2.62. The van der Waals surface area contributed by atoms with Crippen LogP contribution in [0, 0.1) is 0 Å². The van der Waals surface area contributed by atoms with Crippen molar-refractivity contribution >= 4 is 77.1 Å². The average Bonchev–Trinajstić information content (AvgIpc) is 0.848. The summed E-state index contributed by atoms with van der Waals surface area (Å²) in [4.78, 5) is 121. The minimum Gasteiger partial charge on any atom is -0.389 e. The molecule has 1 heterocycles. The van der Waals surface area contributed by atoms with Crippen LogP contribution in [0.3, 0.4) is 0 Å². The molecule has 0 bridgehead atoms. The Hall–Kier alpha value is -8.29. The highest BCUT2D eigenvalue weighted by Gasteiger charge is 2.48. The van der Waals surface area contributed by atoms with E-state index in [-0.39, 0.29) is 165 Å². The third kappa shape index (κ3) is 30.4. The number of rotatable bonds is 40. The maximum atomic E-state index is 14.7. The molecule has 16 atom stereocenters. The molecule has 7 amide bonds. The molecule has 41 N–H and O–H groups in total. The molecule has 1 saturated carbocycles. The number of aliphatic hydroxyl groups is 4. The lowest BCUT2D eigenvalue weighted by atomic mass is 9.84. The van der Waals surface area contributed by atoms with Gasteiger partial charge in [0.2, 0.25) is 41.4 Å². The summed E-state index contributed by atoms with van der Waals surface area (Å²) in [6, 6.07) is -11.7. The zero-order valence-electron chi connectivity index (χ0n) is 51.2. The van der Waals surface area contributed by atoms with Gasteiger partial charge in [-0.05, 0) is 83.5 Å². The number of carbonyl (C=O) groups excluding carboxylic acids is 7. The number of amides is 7. The highest BCUT2D eigenvalue weighted by Crippen LogP contribution is 2.27. The third-order valence-corrected chi connectivity index (χ3v) is 14.1. The van der Waals surface area contributed by atoms with Crippen molar-refractivity contribution in [2.75, 3.05) is 45.8 Å². The first-order valence-electron chi connectivity index (χ1n) is 29.5. The van der Waals surface area contributed by atoms with Gasteiger partial charge in [0.05, 0.1) is 18.2 Å². The molecule has 1 saturated heterocycles. The average molecular weight is 1300 g/mol. The third-order valence-electron chi connectivity index (χ3n) is 14.1. The first-order valence-corrected chi connectivity index (χ1v) is 29.5. The zero-order valence-corrected chi connectivity index (χ0v) is 51.2. The van der Waals surface area contributed by atoms with E-state index in [1.807, 2.05) is 0 Å². The van der Waals surface area contributed by atoms with E-state index >= 15 is 0 Å². The van der Waals surface area contributed by atoms with Crippen LogP contribution in [0.15, 0.2) is 30.0 Å². The van der Waals surface area contributed by atoms with Crippen LogP contribution >= 0.6 is 0 Å². The van der Waals surface area contributed by atoms with Gasteiger partial charge in [0.15, 0.2) is 42.0 Å². The first-order chi connectivity index (χ1) is 42.8. The summed E-state index contributed by atoms with van der Waals surface area (Å²) >= 11 is 0. The largest absolute Gasteiger partial charge is 0.389 e. The van der Waals surface area contributed by atoms with Crippen molar-refractivity contribution in [2.45, 2.75) is 188 Å². The molecule has 41 nitrogen and oxygen atoms in total. The van der Waals surface area contributed by atoms with Crippen LogP contribution in [0.5, 0.6) is 0 Å². The molecule has 1 aliphatic heterocycles. The Bertz CT molecular complexity index is 2510. The van der Waals surface area contributed by atoms with Crippen molar-refractivity contribution in [1.29, 1.82) is 0 Å². The Labute approximate surface area is 525 Å². The molecule has 0 aromatic heterocycles. The normalized spacial score (nSPS) is 23.0. The van der Waals surface area contributed by atoms with E-state index < -0.39 is 139 Å². The number of imide groups is 1. The van der Waals surface area contributed by atoms with Crippen LogP contribution in [0.25, 0.3) is 0 Å². The standard InChI is InChI=1S/C50H100N28O13/c1-22(79)73-39(85)26(9-3-15-67-46(56)57)75-41(87)28(11-5-17-69-48(60)61)77-43(89)30(13-7-19-71-50(64)65)78-42(88)29(12-6-18-70-49(62)63)76-40(86)27(10-4-16-68-47(58)59)74-38(84)25(8-2-14-66-45(54)55)72-21-31-34(81)35(82)32(53)44(90-31)91-37-24(52)20-23(51)33(80)36(37)83/h23-37,44,72,80-83H,2-21,51-53H2,1H3,(H,74,84)(H,75,87)(H,76,86)(H,77,89)(H,78,88)(H4,54,55,66)(H4,56,57,67)(H4,58,59,68)(H4,60,61,69)(H4,62,63,70)(H4,64,65,71)(H,73,79,85)/t23-,24+,25+,26+,27+,28+,29+,30+,31-,32-,33+,34-,35-,36-,37?,44-/m1/s1. The van der Waals surface area contributed by atoms with E-state index in [0.717, 1.165) is 6.92 Å². The highest BCUT2D eigenvalue weighted by molar-refractivity contribution is 6.00. The van der Waals surface area contributed by atoms with Crippen LogP contribution in [0.1, 0.15) is 90.4 Å². The fourth-order valence-corrected chi connectivity index (χ4v) is 9.44. The number of nitrogens with one attached hydrogen (secondary N) is 7. The van der Waals surface area contributed by atoms with Crippen molar-refractivity contribution in [3.8, 4) is 0 Å². The van der Waals surface area contributed by atoms with Gasteiger partial charge >= 0.3 is 0 Å². The summed E-state index contributed by atoms with van der Waals surface area (Å²) in [7, 11) is 0. The SMILES string of the molecule is CC(=O)NC(=O)[C@H](CCCN=C(N)N)NC(=O)[C@H](CCCN=C(N)N)NC(=O)[C@H](CCCN=C(N)N)NC(=O)[C@H](CCCN=C(N)N)NC(=O)[C@H](CCCN=C(N)N)NC(=O)[C@H](CCCN=C(N)N)NC[C@H]1O[C@H](OC2[C@@H](N)C[C@@H](N)[C@H](O)[C@H]2O)[C@H](N)[C@@H](O)[C@@H]1O. The number of nitrogens with zero attached hydrogens (tertiary/aromatic N) is 6. The number of ether oxygens (including phenoxy) is 2. The molecule has 2 fully saturated rings. The molecule has 41 heteroatoms. The van der Waals surface area contributed by atoms with Crippen LogP contribution in [0.2, 0.25) is 0 Å². The van der Waals surface area contributed by atoms with Crippen LogP contribution in [0.4, 0.5) is 0 Å². The van der Waals surface area contributed by atoms with Crippen LogP contribution < -0.4 is 123 Å². The maximum absolute atomic E-state index is 14.7. The molecular formula is C50H100N28O13. The number of hydrogen-bond donors (Lipinski definition) is 26. The monoisotopic (exact) mass is 1300 g/mol. The summed E-state index contributed by atoms with van der Waals surface area (Å²) in [5.74, 6) is -7.69. The molecule has 0 aromatic rings. The number of guanidine groups is 6. The minimum absolute atomic E-state index is 0.00861. The number of aliphatic hydroxyl groups excluding tert-OH is 4. The van der Waals surface area contributed by atoms with Gasteiger partial charge in [0.1, 0.15) is 60.7 Å². The van der Waals surface area contributed by atoms with Crippen molar-refractivity contribution in [3.63, 3.8) is 0 Å². The van der Waals surface area contributed by atoms with Gasteiger partial charge in [-0.2, -0.15) is 0 Å². The van der Waals surface area contributed by atoms with Gasteiger partial charge in [-0.3, -0.25) is 68.8 Å². The number of hydrogen-bond acceptors (Lipinski definition) is 23. The van der Waals surface area contributed by atoms with Gasteiger partial charge in [-0.1, -0.05) is 0 Å². The zero-order chi connectivity index (χ0) is 68.5. The summed E-state index contributed by atoms with van der Waals surface area (Å²) in [5.41, 5.74) is 84.8. The van der Waals surface area contributed by atoms with Crippen LogP contribution in [-0.2, 0) is 43.0 Å². The van der Waals surface area contributed by atoms with E-state index in [4.69, 9.17) is 95.5 Å². The minimum atomic E-state index is -1.69. The lowest BCUT2D eigenvalue weighted by molar-refractivity contribution is -0.288. The molecule has 2 aliphatic rings. The van der Waals surface area contributed by atoms with Gasteiger partial charge < -0.3 is 148 Å². The Kier molecular flexibility index (Phi) is 35.6. The van der Waals surface area contributed by atoms with Gasteiger partial charge in [-0.15, -0.1) is 0 Å². The second kappa shape index (κ2) is 41.2. The van der Waals surface area contributed by atoms with E-state index in [2.05, 4.69) is 67.2 Å². The second-order valence-electron chi connectivity index (χ2n) is 21.8. The number of carbonyl (C=O) groups is 7. The molecule has 2 rings (SSSR count). The van der Waals surface area contributed by atoms with E-state index in [9.17, 15) is 54.0 Å². The topological polar surface area (TPSA) is 768 Å². The smallest absolute Gasteiger partial charge is 0.249 e. The predicted molar refractivity (Wildman–Crippen MR) is 336 cm³/mol. The fourth-order valence-electron chi connectivity index (χ4n) is 9.44. The Morgan fingerprint density at radius 3 is 1.03 bits per heavy atom. The van der Waals surface area contributed by atoms with Gasteiger partial charge in [0, 0.05) is 64.8 Å². The maximum Gasteiger partial charge on any atom is 0.249 e. The quantitative estimate of drug-likeness (QED) is 0.0154. The van der Waals surface area contributed by atoms with Crippen LogP contribution in [-0.4, -0.2) is 241 Å². The molecule has 0 spiro atoms. The lowest BCUT2D eigenvalue weighted by Crippen LogP contribution is -2.67. The van der Waals surface area contributed by atoms with Gasteiger partial charge in [0.25, 0.3) is 0 Å². The molecule has 0 aromatic carbocycles. The molecule has 518 valence electrons. The lowest BCUT2D eigenvalue weighted by Gasteiger charge is -2.46. The molecule has 1 unspecified atom stereocenters. The summed E-state index contributed by atoms with van der Waals surface area (Å²) in [6.07, 6.45) is -10.7. The molecular weight excluding hydrogens is 1200 g/mol. The number of aliphatic imine (C=N–C) groups is 6. The Morgan fingerprint density at radius 1 is 0.429 bits per heavy atom. The van der Waals surface area contributed by atoms with E-state index in [1.165, 1.54) is 0 Å². The summed E-state index contributed by atoms with van der Waals surface area (Å²) in [6.45, 7) is 0.661. The van der Waals surface area contributed by atoms with Crippen molar-refractivity contribution < 1.29 is 63.5 Å². The summed E-state index contributed by atoms with van der Waals surface area (Å²) < 4.78 is 11.9. The Morgan fingerprint density at radius 2 is 0.725 bits per heavy atom.